The quantitative estimate of drug-likeness (QED) is 0.342. The predicted octanol–water partition coefficient (Wildman–Crippen LogP) is 4.65. The van der Waals surface area contributed by atoms with Gasteiger partial charge in [-0.25, -0.2) is 4.99 Å². The van der Waals surface area contributed by atoms with Crippen molar-refractivity contribution in [3.8, 4) is 5.75 Å². The lowest BCUT2D eigenvalue weighted by molar-refractivity contribution is -0.127. The van der Waals surface area contributed by atoms with Crippen molar-refractivity contribution < 1.29 is 9.53 Å². The molecule has 2 aromatic carbocycles. The summed E-state index contributed by atoms with van der Waals surface area (Å²) in [5, 5.41) is 1.09. The number of amides is 1. The van der Waals surface area contributed by atoms with Crippen molar-refractivity contribution in [2.24, 2.45) is 4.99 Å². The molecule has 7 nitrogen and oxygen atoms in total. The van der Waals surface area contributed by atoms with Gasteiger partial charge in [0.05, 0.1) is 22.9 Å². The molecule has 1 atom stereocenters. The van der Waals surface area contributed by atoms with E-state index in [1.165, 1.54) is 11.3 Å². The molecule has 39 heavy (non-hydrogen) atoms. The molecule has 0 N–H and O–H groups in total. The summed E-state index contributed by atoms with van der Waals surface area (Å²) in [4.78, 5) is 35.1. The number of hydrogen-bond donors (Lipinski definition) is 0. The summed E-state index contributed by atoms with van der Waals surface area (Å²) in [6, 6.07) is 15.4. The summed E-state index contributed by atoms with van der Waals surface area (Å²) in [7, 11) is 1.61. The number of rotatable bonds is 7. The monoisotopic (exact) mass is 542 g/mol. The van der Waals surface area contributed by atoms with Crippen molar-refractivity contribution in [1.29, 1.82) is 0 Å². The van der Waals surface area contributed by atoms with Crippen molar-refractivity contribution in [3.63, 3.8) is 0 Å². The first-order valence-electron chi connectivity index (χ1n) is 13.3. The summed E-state index contributed by atoms with van der Waals surface area (Å²) in [5.74, 6) is 0.503. The standard InChI is InChI=1S/C31H34N4O3S/c1-7-33(8-2)30(37)27-20(5)32-31-35(28(27)23-14-10-12-16-25(23)38-6)29(36)26(39-31)17-21-18-34(19(3)4)24-15-11-9-13-22(21)24/h9-19,28H,7-8H2,1-6H3/b26-17+/t28-/m0/s1. The second-order valence-electron chi connectivity index (χ2n) is 9.90. The van der Waals surface area contributed by atoms with Crippen LogP contribution >= 0.6 is 11.3 Å². The highest BCUT2D eigenvalue weighted by molar-refractivity contribution is 7.07. The Kier molecular flexibility index (Phi) is 7.32. The molecule has 1 aliphatic heterocycles. The van der Waals surface area contributed by atoms with Gasteiger partial charge in [0.2, 0.25) is 0 Å². The van der Waals surface area contributed by atoms with Crippen LogP contribution in [0.2, 0.25) is 0 Å². The fourth-order valence-corrected chi connectivity index (χ4v) is 6.42. The minimum Gasteiger partial charge on any atom is -0.496 e. The van der Waals surface area contributed by atoms with Gasteiger partial charge in [0, 0.05) is 47.4 Å². The lowest BCUT2D eigenvalue weighted by Crippen LogP contribution is -2.43. The van der Waals surface area contributed by atoms with Gasteiger partial charge < -0.3 is 14.2 Å². The number of para-hydroxylation sites is 2. The van der Waals surface area contributed by atoms with E-state index in [1.54, 1.807) is 16.6 Å². The van der Waals surface area contributed by atoms with Gasteiger partial charge in [0.1, 0.15) is 11.8 Å². The van der Waals surface area contributed by atoms with Gasteiger partial charge in [-0.3, -0.25) is 14.2 Å². The van der Waals surface area contributed by atoms with Crippen LogP contribution in [0.25, 0.3) is 17.0 Å². The van der Waals surface area contributed by atoms with Gasteiger partial charge >= 0.3 is 0 Å². The predicted molar refractivity (Wildman–Crippen MR) is 157 cm³/mol. The summed E-state index contributed by atoms with van der Waals surface area (Å²) < 4.78 is 10.2. The molecule has 0 saturated carbocycles. The van der Waals surface area contributed by atoms with Gasteiger partial charge in [0.25, 0.3) is 11.5 Å². The number of allylic oxidation sites excluding steroid dienone is 1. The molecule has 4 aromatic rings. The van der Waals surface area contributed by atoms with E-state index in [9.17, 15) is 9.59 Å². The summed E-state index contributed by atoms with van der Waals surface area (Å²) in [6.45, 7) is 11.2. The number of fused-ring (bicyclic) bond motifs is 2. The number of ether oxygens (including phenoxy) is 1. The lowest BCUT2D eigenvalue weighted by atomic mass is 9.94. The van der Waals surface area contributed by atoms with Gasteiger partial charge in [-0.05, 0) is 52.8 Å². The van der Waals surface area contributed by atoms with Crippen LogP contribution in [0.3, 0.4) is 0 Å². The highest BCUT2D eigenvalue weighted by atomic mass is 32.1. The number of carbonyl (C=O) groups excluding carboxylic acids is 1. The third-order valence-corrected chi connectivity index (χ3v) is 8.33. The Morgan fingerprint density at radius 2 is 1.82 bits per heavy atom. The van der Waals surface area contributed by atoms with E-state index >= 15 is 0 Å². The number of hydrogen-bond acceptors (Lipinski definition) is 5. The zero-order chi connectivity index (χ0) is 27.8. The van der Waals surface area contributed by atoms with E-state index in [1.807, 2.05) is 63.2 Å². The van der Waals surface area contributed by atoms with Crippen LogP contribution in [0.15, 0.2) is 75.8 Å². The highest BCUT2D eigenvalue weighted by Gasteiger charge is 2.35. The fraction of sp³-hybridized carbons (Fsp3) is 0.323. The molecule has 0 spiro atoms. The molecular formula is C31H34N4O3S. The van der Waals surface area contributed by atoms with E-state index < -0.39 is 6.04 Å². The summed E-state index contributed by atoms with van der Waals surface area (Å²) in [6.07, 6.45) is 4.06. The molecule has 0 unspecified atom stereocenters. The molecule has 1 amide bonds. The Morgan fingerprint density at radius 3 is 2.51 bits per heavy atom. The van der Waals surface area contributed by atoms with E-state index in [0.29, 0.717) is 39.4 Å². The van der Waals surface area contributed by atoms with Gasteiger partial charge in [0.15, 0.2) is 4.80 Å². The zero-order valence-corrected chi connectivity index (χ0v) is 24.1. The molecule has 0 fully saturated rings. The summed E-state index contributed by atoms with van der Waals surface area (Å²) in [5.41, 5.74) is 3.81. The maximum Gasteiger partial charge on any atom is 0.271 e. The van der Waals surface area contributed by atoms with Crippen LogP contribution in [0.1, 0.15) is 57.8 Å². The number of nitrogens with zero attached hydrogens (tertiary/aromatic N) is 4. The van der Waals surface area contributed by atoms with Crippen molar-refractivity contribution in [1.82, 2.24) is 14.0 Å². The van der Waals surface area contributed by atoms with E-state index in [-0.39, 0.29) is 17.5 Å². The van der Waals surface area contributed by atoms with Crippen LogP contribution in [0.4, 0.5) is 0 Å². The first kappa shape index (κ1) is 26.7. The Labute approximate surface area is 232 Å². The third-order valence-electron chi connectivity index (χ3n) is 7.35. The first-order chi connectivity index (χ1) is 18.8. The van der Waals surface area contributed by atoms with Crippen molar-refractivity contribution in [2.75, 3.05) is 20.2 Å². The maximum absolute atomic E-state index is 14.1. The number of aromatic nitrogens is 2. The second kappa shape index (κ2) is 10.7. The third kappa shape index (κ3) is 4.52. The van der Waals surface area contributed by atoms with Crippen molar-refractivity contribution in [3.05, 3.63) is 96.8 Å². The molecule has 0 saturated heterocycles. The summed E-state index contributed by atoms with van der Waals surface area (Å²) >= 11 is 1.35. The molecule has 8 heteroatoms. The van der Waals surface area contributed by atoms with Gasteiger partial charge in [-0.2, -0.15) is 0 Å². The van der Waals surface area contributed by atoms with Crippen molar-refractivity contribution >= 4 is 34.2 Å². The molecular weight excluding hydrogens is 508 g/mol. The molecule has 5 rings (SSSR count). The Bertz CT molecular complexity index is 1770. The molecule has 1 aliphatic rings. The van der Waals surface area contributed by atoms with E-state index in [2.05, 4.69) is 36.7 Å². The zero-order valence-electron chi connectivity index (χ0n) is 23.3. The van der Waals surface area contributed by atoms with Crippen LogP contribution in [-0.4, -0.2) is 40.1 Å². The second-order valence-corrected chi connectivity index (χ2v) is 10.9. The maximum atomic E-state index is 14.1. The van der Waals surface area contributed by atoms with Crippen LogP contribution < -0.4 is 19.6 Å². The SMILES string of the molecule is CCN(CC)C(=O)C1=C(C)N=c2s/c(=C/c3cn(C(C)C)c4ccccc34)c(=O)n2[C@H]1c1ccccc1OC. The van der Waals surface area contributed by atoms with E-state index in [0.717, 1.165) is 22.0 Å². The molecule has 0 radical (unpaired) electrons. The molecule has 3 heterocycles. The topological polar surface area (TPSA) is 68.8 Å². The number of carbonyl (C=O) groups is 1. The Balaban J connectivity index is 1.78. The van der Waals surface area contributed by atoms with Crippen LogP contribution in [0.5, 0.6) is 5.75 Å². The lowest BCUT2D eigenvalue weighted by Gasteiger charge is -2.29. The van der Waals surface area contributed by atoms with E-state index in [4.69, 9.17) is 9.73 Å². The minimum absolute atomic E-state index is 0.119. The largest absolute Gasteiger partial charge is 0.496 e. The molecule has 0 aliphatic carbocycles. The Morgan fingerprint density at radius 1 is 1.13 bits per heavy atom. The number of thiazole rings is 1. The Hall–Kier alpha value is -3.91. The molecule has 202 valence electrons. The average Bonchev–Trinajstić information content (AvgIpc) is 3.46. The van der Waals surface area contributed by atoms with Gasteiger partial charge in [-0.1, -0.05) is 47.7 Å². The number of methoxy groups -OCH3 is 1. The number of benzene rings is 2. The minimum atomic E-state index is -0.648. The average molecular weight is 543 g/mol. The smallest absolute Gasteiger partial charge is 0.271 e. The molecule has 0 bridgehead atoms. The first-order valence-corrected chi connectivity index (χ1v) is 14.2. The fourth-order valence-electron chi connectivity index (χ4n) is 5.38. The highest BCUT2D eigenvalue weighted by Crippen LogP contribution is 2.36. The van der Waals surface area contributed by atoms with Crippen molar-refractivity contribution in [2.45, 2.75) is 46.7 Å². The molecule has 2 aromatic heterocycles. The number of likely N-dealkylation sites (N-methyl/N-ethyl adjacent to an activating group) is 1. The van der Waals surface area contributed by atoms with Crippen LogP contribution in [0, 0.1) is 0 Å². The van der Waals surface area contributed by atoms with Crippen LogP contribution in [-0.2, 0) is 4.79 Å². The van der Waals surface area contributed by atoms with Gasteiger partial charge in [-0.15, -0.1) is 0 Å². The normalized spacial score (nSPS) is 15.6.